The minimum absolute atomic E-state index is 0.0704. The number of amides is 1. The van der Waals surface area contributed by atoms with Gasteiger partial charge < -0.3 is 10.6 Å². The second-order valence-electron chi connectivity index (χ2n) is 5.52. The normalized spacial score (nSPS) is 12.7. The number of hydrogen-bond acceptors (Lipinski definition) is 1. The Morgan fingerprint density at radius 1 is 1.12 bits per heavy atom. The molecule has 8 heteroatoms. The number of alkyl halides is 3. The lowest BCUT2D eigenvalue weighted by Gasteiger charge is -2.12. The highest BCUT2D eigenvalue weighted by molar-refractivity contribution is 5.91. The molecule has 0 saturated heterocycles. The van der Waals surface area contributed by atoms with Crippen LogP contribution in [0.4, 0.5) is 27.6 Å². The Morgan fingerprint density at radius 2 is 1.76 bits per heavy atom. The van der Waals surface area contributed by atoms with Gasteiger partial charge in [0, 0.05) is 17.3 Å². The molecule has 0 bridgehead atoms. The molecule has 0 aliphatic heterocycles. The van der Waals surface area contributed by atoms with Gasteiger partial charge in [-0.1, -0.05) is 0 Å². The van der Waals surface area contributed by atoms with E-state index in [0.717, 1.165) is 36.4 Å². The molecule has 1 amide bonds. The van der Waals surface area contributed by atoms with Crippen molar-refractivity contribution in [3.05, 3.63) is 65.2 Å². The third kappa shape index (κ3) is 5.25. The van der Waals surface area contributed by atoms with E-state index in [-0.39, 0.29) is 17.8 Å². The molecule has 2 aromatic rings. The zero-order chi connectivity index (χ0) is 18.6. The summed E-state index contributed by atoms with van der Waals surface area (Å²) in [6.07, 6.45) is -4.44. The van der Waals surface area contributed by atoms with E-state index in [2.05, 4.69) is 5.32 Å². The highest BCUT2D eigenvalue weighted by Gasteiger charge is 2.30. The van der Waals surface area contributed by atoms with Crippen LogP contribution < -0.4 is 10.6 Å². The van der Waals surface area contributed by atoms with Gasteiger partial charge in [-0.15, -0.1) is 0 Å². The number of benzene rings is 2. The van der Waals surface area contributed by atoms with Crippen molar-refractivity contribution in [3.8, 4) is 0 Å². The number of carbonyl (C=O) groups excluding carboxylic acids is 1. The van der Waals surface area contributed by atoms with Crippen molar-refractivity contribution in [2.45, 2.75) is 19.1 Å². The van der Waals surface area contributed by atoms with Crippen LogP contribution in [0.15, 0.2) is 42.5 Å². The van der Waals surface area contributed by atoms with Crippen LogP contribution in [0.2, 0.25) is 0 Å². The standard InChI is InChI=1S/C17H15F5N2O/c1-10(14-7-4-12(18)8-15(14)19)23-9-16(25)24-13-5-2-11(3-6-13)17(20,21)22/h2-8,10,23H,9H2,1H3,(H,24,25)/p+1/t10-/m1/s1. The van der Waals surface area contributed by atoms with Gasteiger partial charge in [0.25, 0.3) is 5.91 Å². The number of hydrogen-bond donors (Lipinski definition) is 2. The van der Waals surface area contributed by atoms with E-state index in [1.54, 1.807) is 6.92 Å². The lowest BCUT2D eigenvalue weighted by atomic mass is 10.1. The average molecular weight is 359 g/mol. The van der Waals surface area contributed by atoms with Crippen molar-refractivity contribution >= 4 is 11.6 Å². The summed E-state index contributed by atoms with van der Waals surface area (Å²) in [6, 6.07) is 6.82. The predicted molar refractivity (Wildman–Crippen MR) is 81.6 cm³/mol. The average Bonchev–Trinajstić information content (AvgIpc) is 2.52. The Balaban J connectivity index is 1.90. The van der Waals surface area contributed by atoms with Gasteiger partial charge >= 0.3 is 6.18 Å². The van der Waals surface area contributed by atoms with E-state index in [9.17, 15) is 26.7 Å². The Labute approximate surface area is 140 Å². The van der Waals surface area contributed by atoms with Crippen LogP contribution in [-0.2, 0) is 11.0 Å². The summed E-state index contributed by atoms with van der Waals surface area (Å²) < 4.78 is 63.9. The fourth-order valence-corrected chi connectivity index (χ4v) is 2.24. The number of halogens is 5. The number of nitrogens with one attached hydrogen (secondary N) is 1. The molecule has 1 atom stereocenters. The molecule has 0 radical (unpaired) electrons. The Morgan fingerprint density at radius 3 is 2.32 bits per heavy atom. The van der Waals surface area contributed by atoms with Gasteiger partial charge in [0.15, 0.2) is 6.54 Å². The van der Waals surface area contributed by atoms with Crippen molar-refractivity contribution in [1.82, 2.24) is 0 Å². The number of carbonyl (C=O) groups is 1. The minimum Gasteiger partial charge on any atom is -0.332 e. The molecule has 0 fully saturated rings. The molecule has 2 aromatic carbocycles. The van der Waals surface area contributed by atoms with Crippen molar-refractivity contribution in [1.29, 1.82) is 0 Å². The zero-order valence-electron chi connectivity index (χ0n) is 13.2. The SMILES string of the molecule is C[C@@H]([NH2+]CC(=O)Nc1ccc(C(F)(F)F)cc1)c1ccc(F)cc1F. The van der Waals surface area contributed by atoms with Gasteiger partial charge in [0.2, 0.25) is 0 Å². The van der Waals surface area contributed by atoms with E-state index in [1.165, 1.54) is 11.4 Å². The number of quaternary nitrogens is 1. The summed E-state index contributed by atoms with van der Waals surface area (Å²) in [4.78, 5) is 11.9. The molecule has 0 aliphatic carbocycles. The predicted octanol–water partition coefficient (Wildman–Crippen LogP) is 3.25. The molecular formula is C17H16F5N2O+. The second-order valence-corrected chi connectivity index (χ2v) is 5.52. The van der Waals surface area contributed by atoms with Gasteiger partial charge in [-0.2, -0.15) is 13.2 Å². The van der Waals surface area contributed by atoms with Crippen molar-refractivity contribution in [3.63, 3.8) is 0 Å². The van der Waals surface area contributed by atoms with E-state index >= 15 is 0 Å². The molecule has 0 aliphatic rings. The van der Waals surface area contributed by atoms with Crippen LogP contribution in [0.1, 0.15) is 24.1 Å². The van der Waals surface area contributed by atoms with E-state index < -0.39 is 35.3 Å². The third-order valence-electron chi connectivity index (χ3n) is 3.61. The molecular weight excluding hydrogens is 343 g/mol. The first-order valence-electron chi connectivity index (χ1n) is 7.42. The number of nitrogens with two attached hydrogens (primary N) is 1. The third-order valence-corrected chi connectivity index (χ3v) is 3.61. The van der Waals surface area contributed by atoms with Crippen LogP contribution in [-0.4, -0.2) is 12.5 Å². The maximum Gasteiger partial charge on any atom is 0.416 e. The molecule has 0 saturated carbocycles. The molecule has 3 N–H and O–H groups in total. The van der Waals surface area contributed by atoms with E-state index in [1.807, 2.05) is 0 Å². The molecule has 134 valence electrons. The van der Waals surface area contributed by atoms with Gasteiger partial charge in [-0.25, -0.2) is 8.78 Å². The summed E-state index contributed by atoms with van der Waals surface area (Å²) in [5, 5.41) is 4.00. The first-order chi connectivity index (χ1) is 11.7. The molecule has 0 spiro atoms. The first kappa shape index (κ1) is 18.9. The highest BCUT2D eigenvalue weighted by Crippen LogP contribution is 2.29. The monoisotopic (exact) mass is 359 g/mol. The smallest absolute Gasteiger partial charge is 0.332 e. The van der Waals surface area contributed by atoms with Gasteiger partial charge in [0.05, 0.1) is 5.56 Å². The lowest BCUT2D eigenvalue weighted by molar-refractivity contribution is -0.682. The number of rotatable bonds is 5. The molecule has 25 heavy (non-hydrogen) atoms. The van der Waals surface area contributed by atoms with Crippen LogP contribution in [0, 0.1) is 11.6 Å². The quantitative estimate of drug-likeness (QED) is 0.791. The maximum atomic E-state index is 13.7. The van der Waals surface area contributed by atoms with E-state index in [0.29, 0.717) is 0 Å². The summed E-state index contributed by atoms with van der Waals surface area (Å²) in [7, 11) is 0. The second kappa shape index (κ2) is 7.60. The zero-order valence-corrected chi connectivity index (χ0v) is 13.2. The van der Waals surface area contributed by atoms with Crippen molar-refractivity contribution < 1.29 is 32.1 Å². The first-order valence-corrected chi connectivity index (χ1v) is 7.42. The van der Waals surface area contributed by atoms with Gasteiger partial charge in [-0.05, 0) is 43.3 Å². The minimum atomic E-state index is -4.44. The maximum absolute atomic E-state index is 13.7. The van der Waals surface area contributed by atoms with Crippen LogP contribution in [0.3, 0.4) is 0 Å². The van der Waals surface area contributed by atoms with Crippen LogP contribution in [0.5, 0.6) is 0 Å². The summed E-state index contributed by atoms with van der Waals surface area (Å²) in [5.74, 6) is -1.84. The van der Waals surface area contributed by atoms with E-state index in [4.69, 9.17) is 0 Å². The van der Waals surface area contributed by atoms with Crippen LogP contribution in [0.25, 0.3) is 0 Å². The van der Waals surface area contributed by atoms with Gasteiger partial charge in [-0.3, -0.25) is 4.79 Å². The fourth-order valence-electron chi connectivity index (χ4n) is 2.24. The van der Waals surface area contributed by atoms with Gasteiger partial charge in [0.1, 0.15) is 17.7 Å². The lowest BCUT2D eigenvalue weighted by Crippen LogP contribution is -2.86. The highest BCUT2D eigenvalue weighted by atomic mass is 19.4. The molecule has 0 unspecified atom stereocenters. The summed E-state index contributed by atoms with van der Waals surface area (Å²) in [5.41, 5.74) is -0.326. The summed E-state index contributed by atoms with van der Waals surface area (Å²) in [6.45, 7) is 1.58. The molecule has 0 heterocycles. The number of anilines is 1. The summed E-state index contributed by atoms with van der Waals surface area (Å²) >= 11 is 0. The van der Waals surface area contributed by atoms with Crippen molar-refractivity contribution in [2.24, 2.45) is 0 Å². The molecule has 3 nitrogen and oxygen atoms in total. The largest absolute Gasteiger partial charge is 0.416 e. The van der Waals surface area contributed by atoms with Crippen LogP contribution >= 0.6 is 0 Å². The Hall–Kier alpha value is -2.48. The fraction of sp³-hybridized carbons (Fsp3) is 0.235. The molecule has 2 rings (SSSR count). The van der Waals surface area contributed by atoms with Crippen molar-refractivity contribution in [2.75, 3.05) is 11.9 Å². The topological polar surface area (TPSA) is 45.7 Å². The Kier molecular flexibility index (Phi) is 5.73. The molecule has 0 aromatic heterocycles. The Bertz CT molecular complexity index is 744.